The Balaban J connectivity index is 1.58. The van der Waals surface area contributed by atoms with E-state index >= 15 is 0 Å². The number of hydrogen-bond acceptors (Lipinski definition) is 5. The van der Waals surface area contributed by atoms with Crippen molar-refractivity contribution in [3.63, 3.8) is 0 Å². The summed E-state index contributed by atoms with van der Waals surface area (Å²) in [5.74, 6) is 0.362. The first-order chi connectivity index (χ1) is 15.2. The number of rotatable bonds is 4. The molecular weight excluding hydrogens is 388 g/mol. The van der Waals surface area contributed by atoms with Gasteiger partial charge in [0.2, 0.25) is 0 Å². The quantitative estimate of drug-likeness (QED) is 0.572. The van der Waals surface area contributed by atoms with E-state index in [1.807, 2.05) is 60.7 Å². The van der Waals surface area contributed by atoms with Crippen molar-refractivity contribution in [3.8, 4) is 5.75 Å². The molecule has 0 radical (unpaired) electrons. The molecule has 5 heteroatoms. The Morgan fingerprint density at radius 2 is 1.52 bits per heavy atom. The molecule has 2 aliphatic rings. The van der Waals surface area contributed by atoms with Crippen LogP contribution in [0.1, 0.15) is 39.0 Å². The molecule has 0 amide bonds. The number of benzene rings is 3. The molecule has 0 bridgehead atoms. The van der Waals surface area contributed by atoms with Crippen LogP contribution in [0.25, 0.3) is 5.76 Å². The summed E-state index contributed by atoms with van der Waals surface area (Å²) in [4.78, 5) is 13.0. The second-order valence-corrected chi connectivity index (χ2v) is 7.52. The Morgan fingerprint density at radius 1 is 0.839 bits per heavy atom. The Bertz CT molecular complexity index is 1240. The van der Waals surface area contributed by atoms with Crippen molar-refractivity contribution in [1.82, 2.24) is 0 Å². The molecule has 1 heterocycles. The molecule has 3 aromatic rings. The predicted octanol–water partition coefficient (Wildman–Crippen LogP) is 6.04. The number of carbonyl (C=O) groups excluding carboxylic acids is 1. The number of carbonyl (C=O) groups is 1. The van der Waals surface area contributed by atoms with Crippen LogP contribution >= 0.6 is 0 Å². The van der Waals surface area contributed by atoms with Crippen molar-refractivity contribution in [2.24, 2.45) is 10.2 Å². The average Bonchev–Trinajstić information content (AvgIpc) is 3.09. The number of hydrogen-bond donors (Lipinski definition) is 1. The second-order valence-electron chi connectivity index (χ2n) is 7.52. The van der Waals surface area contributed by atoms with Gasteiger partial charge in [-0.1, -0.05) is 66.7 Å². The molecule has 3 aromatic carbocycles. The zero-order valence-corrected chi connectivity index (χ0v) is 16.9. The summed E-state index contributed by atoms with van der Waals surface area (Å²) in [6, 6.07) is 24.5. The van der Waals surface area contributed by atoms with Crippen LogP contribution in [0, 0.1) is 0 Å². The van der Waals surface area contributed by atoms with E-state index in [0.717, 1.165) is 16.9 Å². The lowest BCUT2D eigenvalue weighted by molar-refractivity contribution is 0.103. The molecule has 1 N–H and O–H groups in total. The van der Waals surface area contributed by atoms with Crippen molar-refractivity contribution in [2.45, 2.75) is 12.0 Å². The van der Waals surface area contributed by atoms with E-state index in [4.69, 9.17) is 4.74 Å². The molecule has 5 nitrogen and oxygen atoms in total. The summed E-state index contributed by atoms with van der Waals surface area (Å²) in [5, 5.41) is 19.7. The molecule has 5 rings (SSSR count). The number of Topliss-reactive ketones (excluding diaryl/α,β-unsaturated/α-hetero) is 1. The third kappa shape index (κ3) is 3.24. The van der Waals surface area contributed by atoms with Gasteiger partial charge < -0.3 is 9.84 Å². The minimum atomic E-state index is -0.251. The third-order valence-corrected chi connectivity index (χ3v) is 5.76. The van der Waals surface area contributed by atoms with Gasteiger partial charge in [0.1, 0.15) is 17.6 Å². The zero-order valence-electron chi connectivity index (χ0n) is 16.9. The van der Waals surface area contributed by atoms with Gasteiger partial charge in [0, 0.05) is 17.0 Å². The summed E-state index contributed by atoms with van der Waals surface area (Å²) in [6.07, 6.45) is 1.94. The van der Waals surface area contributed by atoms with E-state index in [9.17, 15) is 9.90 Å². The lowest BCUT2D eigenvalue weighted by Crippen LogP contribution is -2.13. The maximum absolute atomic E-state index is 13.0. The van der Waals surface area contributed by atoms with Gasteiger partial charge in [-0.05, 0) is 29.3 Å². The first-order valence-corrected chi connectivity index (χ1v) is 10.1. The number of ketones is 1. The Kier molecular flexibility index (Phi) is 4.71. The van der Waals surface area contributed by atoms with E-state index in [-0.39, 0.29) is 29.1 Å². The van der Waals surface area contributed by atoms with Gasteiger partial charge in [-0.3, -0.25) is 4.79 Å². The topological polar surface area (TPSA) is 71.2 Å². The van der Waals surface area contributed by atoms with Crippen molar-refractivity contribution < 1.29 is 14.6 Å². The van der Waals surface area contributed by atoms with E-state index in [2.05, 4.69) is 10.2 Å². The molecule has 0 fully saturated rings. The van der Waals surface area contributed by atoms with Crippen LogP contribution in [0.15, 0.2) is 106 Å². The van der Waals surface area contributed by atoms with Gasteiger partial charge in [0.25, 0.3) is 0 Å². The van der Waals surface area contributed by atoms with Crippen molar-refractivity contribution >= 4 is 11.5 Å². The zero-order chi connectivity index (χ0) is 21.4. The molecule has 1 aliphatic heterocycles. The number of nitrogens with zero attached hydrogens (tertiary/aromatic N) is 2. The Hall–Kier alpha value is -3.99. The maximum atomic E-state index is 13.0. The number of aliphatic hydroxyl groups excluding tert-OH is 1. The summed E-state index contributed by atoms with van der Waals surface area (Å²) >= 11 is 0. The maximum Gasteiger partial charge on any atom is 0.199 e. The molecule has 0 unspecified atom stereocenters. The summed E-state index contributed by atoms with van der Waals surface area (Å²) in [7, 11) is 1.63. The number of methoxy groups -OCH3 is 1. The smallest absolute Gasteiger partial charge is 0.199 e. The highest BCUT2D eigenvalue weighted by molar-refractivity contribution is 6.22. The molecule has 0 aromatic heterocycles. The van der Waals surface area contributed by atoms with Crippen LogP contribution < -0.4 is 4.74 Å². The molecule has 0 spiro atoms. The van der Waals surface area contributed by atoms with Crippen LogP contribution in [-0.4, -0.2) is 18.0 Å². The van der Waals surface area contributed by atoms with Gasteiger partial charge in [0.15, 0.2) is 5.78 Å². The first kappa shape index (κ1) is 19.0. The highest BCUT2D eigenvalue weighted by Gasteiger charge is 2.35. The first-order valence-electron chi connectivity index (χ1n) is 10.1. The standard InChI is InChI=1S/C26H20N2O3/c1-31-18-13-11-17(12-14-18)24-21(16-7-3-2-4-8-16)15-22(27-28-24)23-25(29)19-9-5-6-10-20(19)26(23)30/h2-15,21,24,29H,1H3/t21-,24+/m1/s1. The van der Waals surface area contributed by atoms with Gasteiger partial charge in [0.05, 0.1) is 18.4 Å². The fourth-order valence-corrected chi connectivity index (χ4v) is 4.16. The van der Waals surface area contributed by atoms with Gasteiger partial charge in [-0.15, -0.1) is 0 Å². The average molecular weight is 408 g/mol. The summed E-state index contributed by atoms with van der Waals surface area (Å²) < 4.78 is 5.27. The van der Waals surface area contributed by atoms with Crippen LogP contribution in [-0.2, 0) is 0 Å². The van der Waals surface area contributed by atoms with Crippen molar-refractivity contribution in [1.29, 1.82) is 0 Å². The van der Waals surface area contributed by atoms with E-state index in [0.29, 0.717) is 16.8 Å². The second kappa shape index (κ2) is 7.69. The fraction of sp³-hybridized carbons (Fsp3) is 0.115. The summed E-state index contributed by atoms with van der Waals surface area (Å²) in [5.41, 5.74) is 3.68. The largest absolute Gasteiger partial charge is 0.506 e. The highest BCUT2D eigenvalue weighted by Crippen LogP contribution is 2.44. The molecule has 2 atom stereocenters. The molecule has 0 saturated carbocycles. The number of aliphatic hydroxyl groups is 1. The monoisotopic (exact) mass is 408 g/mol. The van der Waals surface area contributed by atoms with Crippen molar-refractivity contribution in [2.75, 3.05) is 7.11 Å². The molecule has 31 heavy (non-hydrogen) atoms. The predicted molar refractivity (Wildman–Crippen MR) is 118 cm³/mol. The Morgan fingerprint density at radius 3 is 2.19 bits per heavy atom. The van der Waals surface area contributed by atoms with Crippen LogP contribution in [0.5, 0.6) is 5.75 Å². The lowest BCUT2D eigenvalue weighted by Gasteiger charge is -2.25. The third-order valence-electron chi connectivity index (χ3n) is 5.76. The normalized spacial score (nSPS) is 19.9. The SMILES string of the molecule is COc1ccc([C@@H]2N=NC(C3=C(O)c4ccccc4C3=O)=C[C@@H]2c2ccccc2)cc1. The van der Waals surface area contributed by atoms with Gasteiger partial charge >= 0.3 is 0 Å². The highest BCUT2D eigenvalue weighted by atomic mass is 16.5. The number of azo groups is 1. The number of ether oxygens (including phenoxy) is 1. The molecule has 1 aliphatic carbocycles. The van der Waals surface area contributed by atoms with Crippen LogP contribution in [0.3, 0.4) is 0 Å². The van der Waals surface area contributed by atoms with E-state index in [1.165, 1.54) is 0 Å². The molecular formula is C26H20N2O3. The van der Waals surface area contributed by atoms with Gasteiger partial charge in [-0.25, -0.2) is 0 Å². The minimum absolute atomic E-state index is 0.0412. The number of allylic oxidation sites excluding steroid dienone is 1. The minimum Gasteiger partial charge on any atom is -0.506 e. The van der Waals surface area contributed by atoms with Crippen LogP contribution in [0.2, 0.25) is 0 Å². The van der Waals surface area contributed by atoms with Gasteiger partial charge in [-0.2, -0.15) is 10.2 Å². The van der Waals surface area contributed by atoms with E-state index in [1.54, 1.807) is 31.4 Å². The molecule has 152 valence electrons. The van der Waals surface area contributed by atoms with Crippen LogP contribution in [0.4, 0.5) is 0 Å². The van der Waals surface area contributed by atoms with Crippen molar-refractivity contribution in [3.05, 3.63) is 118 Å². The number of fused-ring (bicyclic) bond motifs is 1. The Labute approximate surface area is 180 Å². The lowest BCUT2D eigenvalue weighted by atomic mass is 9.85. The van der Waals surface area contributed by atoms with E-state index < -0.39 is 0 Å². The molecule has 0 saturated heterocycles. The fourth-order valence-electron chi connectivity index (χ4n) is 4.16. The summed E-state index contributed by atoms with van der Waals surface area (Å²) in [6.45, 7) is 0.